The molecule has 7 heteroatoms. The molecular formula is C15H17ClN4O2. The van der Waals surface area contributed by atoms with Crippen LogP contribution in [0.25, 0.3) is 0 Å². The number of pyridine rings is 1. The van der Waals surface area contributed by atoms with Gasteiger partial charge in [-0.15, -0.1) is 0 Å². The van der Waals surface area contributed by atoms with Crippen LogP contribution in [-0.4, -0.2) is 16.5 Å². The zero-order chi connectivity index (χ0) is 15.9. The highest BCUT2D eigenvalue weighted by atomic mass is 35.5. The van der Waals surface area contributed by atoms with Crippen LogP contribution < -0.4 is 10.6 Å². The molecule has 1 aromatic carbocycles. The highest BCUT2D eigenvalue weighted by molar-refractivity contribution is 6.33. The van der Waals surface area contributed by atoms with Crippen LogP contribution in [0, 0.1) is 10.1 Å². The fourth-order valence-electron chi connectivity index (χ4n) is 1.85. The van der Waals surface area contributed by atoms with Crippen molar-refractivity contribution in [1.82, 2.24) is 4.98 Å². The second-order valence-corrected chi connectivity index (χ2v) is 5.17. The molecule has 0 aliphatic carbocycles. The topological polar surface area (TPSA) is 80.1 Å². The lowest BCUT2D eigenvalue weighted by Crippen LogP contribution is -2.03. The molecule has 1 aromatic heterocycles. The summed E-state index contributed by atoms with van der Waals surface area (Å²) >= 11 is 5.98. The quantitative estimate of drug-likeness (QED) is 0.593. The maximum atomic E-state index is 10.6. The minimum absolute atomic E-state index is 0.123. The Balaban J connectivity index is 1.96. The van der Waals surface area contributed by atoms with Crippen LogP contribution in [0.5, 0.6) is 0 Å². The molecule has 0 amide bonds. The number of halogens is 1. The first-order valence-electron chi connectivity index (χ1n) is 6.96. The zero-order valence-corrected chi connectivity index (χ0v) is 12.9. The van der Waals surface area contributed by atoms with Gasteiger partial charge in [-0.3, -0.25) is 10.1 Å². The van der Waals surface area contributed by atoms with Crippen LogP contribution in [0.2, 0.25) is 5.02 Å². The number of nitrogens with zero attached hydrogens (tertiary/aromatic N) is 2. The van der Waals surface area contributed by atoms with Crippen molar-refractivity contribution in [2.75, 3.05) is 17.2 Å². The summed E-state index contributed by atoms with van der Waals surface area (Å²) < 4.78 is 0. The van der Waals surface area contributed by atoms with Gasteiger partial charge in [0.2, 0.25) is 0 Å². The lowest BCUT2D eigenvalue weighted by molar-refractivity contribution is -0.385. The largest absolute Gasteiger partial charge is 0.385 e. The first-order valence-corrected chi connectivity index (χ1v) is 7.34. The van der Waals surface area contributed by atoms with Crippen molar-refractivity contribution >= 4 is 28.8 Å². The first-order chi connectivity index (χ1) is 10.6. The van der Waals surface area contributed by atoms with Crippen LogP contribution in [0.3, 0.4) is 0 Å². The lowest BCUT2D eigenvalue weighted by Gasteiger charge is -2.09. The van der Waals surface area contributed by atoms with E-state index in [0.717, 1.165) is 24.2 Å². The first kappa shape index (κ1) is 16.0. The maximum absolute atomic E-state index is 10.6. The summed E-state index contributed by atoms with van der Waals surface area (Å²) in [6.07, 6.45) is 2.26. The summed E-state index contributed by atoms with van der Waals surface area (Å²) in [4.78, 5) is 14.1. The molecule has 0 unspecified atom stereocenters. The van der Waals surface area contributed by atoms with Gasteiger partial charge in [-0.05, 0) is 24.1 Å². The Kier molecular flexibility index (Phi) is 5.55. The van der Waals surface area contributed by atoms with Gasteiger partial charge in [-0.1, -0.05) is 30.7 Å². The minimum atomic E-state index is -0.523. The molecule has 2 N–H and O–H groups in total. The van der Waals surface area contributed by atoms with Gasteiger partial charge in [0.15, 0.2) is 0 Å². The normalized spacial score (nSPS) is 10.3. The predicted molar refractivity (Wildman–Crippen MR) is 88.5 cm³/mol. The molecule has 0 radical (unpaired) electrons. The van der Waals surface area contributed by atoms with E-state index in [9.17, 15) is 10.1 Å². The van der Waals surface area contributed by atoms with E-state index in [1.165, 1.54) is 12.3 Å². The SMILES string of the molecule is CCCNc1ccc(CNc2ncc([N+](=O)[O-])cc2Cl)cc1. The Morgan fingerprint density at radius 1 is 1.27 bits per heavy atom. The number of nitrogens with one attached hydrogen (secondary N) is 2. The molecular weight excluding hydrogens is 304 g/mol. The average Bonchev–Trinajstić information content (AvgIpc) is 2.52. The smallest absolute Gasteiger partial charge is 0.289 e. The van der Waals surface area contributed by atoms with Crippen molar-refractivity contribution in [3.8, 4) is 0 Å². The van der Waals surface area contributed by atoms with E-state index in [-0.39, 0.29) is 10.7 Å². The number of nitro groups is 1. The van der Waals surface area contributed by atoms with Gasteiger partial charge in [0.25, 0.3) is 5.69 Å². The van der Waals surface area contributed by atoms with E-state index in [2.05, 4.69) is 22.5 Å². The van der Waals surface area contributed by atoms with E-state index < -0.39 is 4.92 Å². The fourth-order valence-corrected chi connectivity index (χ4v) is 2.08. The van der Waals surface area contributed by atoms with E-state index in [0.29, 0.717) is 12.4 Å². The summed E-state index contributed by atoms with van der Waals surface area (Å²) in [6, 6.07) is 9.32. The average molecular weight is 321 g/mol. The van der Waals surface area contributed by atoms with Gasteiger partial charge < -0.3 is 10.6 Å². The molecule has 0 saturated heterocycles. The Morgan fingerprint density at radius 2 is 2.00 bits per heavy atom. The van der Waals surface area contributed by atoms with Crippen LogP contribution in [0.15, 0.2) is 36.5 Å². The highest BCUT2D eigenvalue weighted by Gasteiger charge is 2.10. The Bertz CT molecular complexity index is 646. The second kappa shape index (κ2) is 7.61. The third-order valence-corrected chi connectivity index (χ3v) is 3.32. The van der Waals surface area contributed by atoms with Gasteiger partial charge in [0.05, 0.1) is 9.95 Å². The van der Waals surface area contributed by atoms with Gasteiger partial charge in [-0.2, -0.15) is 0 Å². The number of hydrogen-bond acceptors (Lipinski definition) is 5. The molecule has 0 atom stereocenters. The van der Waals surface area contributed by atoms with Gasteiger partial charge >= 0.3 is 0 Å². The van der Waals surface area contributed by atoms with Crippen molar-refractivity contribution in [3.63, 3.8) is 0 Å². The zero-order valence-electron chi connectivity index (χ0n) is 12.2. The lowest BCUT2D eigenvalue weighted by atomic mass is 10.2. The molecule has 22 heavy (non-hydrogen) atoms. The standard InChI is InChI=1S/C15H17ClN4O2/c1-2-7-17-12-5-3-11(4-6-12)9-18-15-14(16)8-13(10-19-15)20(21)22/h3-6,8,10,17H,2,7,9H2,1H3,(H,18,19). The van der Waals surface area contributed by atoms with E-state index >= 15 is 0 Å². The molecule has 0 bridgehead atoms. The Hall–Kier alpha value is -2.34. The molecule has 0 fully saturated rings. The predicted octanol–water partition coefficient (Wildman–Crippen LogP) is 4.08. The van der Waals surface area contributed by atoms with Crippen molar-refractivity contribution in [1.29, 1.82) is 0 Å². The maximum Gasteiger partial charge on any atom is 0.289 e. The molecule has 6 nitrogen and oxygen atoms in total. The van der Waals surface area contributed by atoms with Gasteiger partial charge in [-0.25, -0.2) is 4.98 Å². The summed E-state index contributed by atoms with van der Waals surface area (Å²) in [5.41, 5.74) is 2.03. The number of hydrogen-bond donors (Lipinski definition) is 2. The van der Waals surface area contributed by atoms with Crippen molar-refractivity contribution in [2.45, 2.75) is 19.9 Å². The summed E-state index contributed by atoms with van der Waals surface area (Å²) in [5.74, 6) is 0.431. The minimum Gasteiger partial charge on any atom is -0.385 e. The van der Waals surface area contributed by atoms with Crippen molar-refractivity contribution in [3.05, 3.63) is 57.2 Å². The number of rotatable bonds is 7. The highest BCUT2D eigenvalue weighted by Crippen LogP contribution is 2.24. The number of benzene rings is 1. The summed E-state index contributed by atoms with van der Waals surface area (Å²) in [6.45, 7) is 3.60. The van der Waals surface area contributed by atoms with Crippen LogP contribution in [-0.2, 0) is 6.54 Å². The molecule has 0 spiro atoms. The van der Waals surface area contributed by atoms with E-state index in [1.54, 1.807) is 0 Å². The second-order valence-electron chi connectivity index (χ2n) is 4.76. The molecule has 0 aliphatic heterocycles. The van der Waals surface area contributed by atoms with Crippen LogP contribution in [0.4, 0.5) is 17.2 Å². The Labute approximate surface area is 133 Å². The number of aromatic nitrogens is 1. The van der Waals surface area contributed by atoms with E-state index in [1.807, 2.05) is 24.3 Å². The fraction of sp³-hybridized carbons (Fsp3) is 0.267. The third-order valence-electron chi connectivity index (χ3n) is 3.03. The Morgan fingerprint density at radius 3 is 2.59 bits per heavy atom. The molecule has 2 rings (SSSR count). The van der Waals surface area contributed by atoms with E-state index in [4.69, 9.17) is 11.6 Å². The summed E-state index contributed by atoms with van der Waals surface area (Å²) in [5, 5.41) is 17.2. The van der Waals surface area contributed by atoms with Gasteiger partial charge in [0.1, 0.15) is 12.0 Å². The number of anilines is 2. The van der Waals surface area contributed by atoms with Crippen molar-refractivity contribution in [2.24, 2.45) is 0 Å². The molecule has 116 valence electrons. The van der Waals surface area contributed by atoms with Crippen molar-refractivity contribution < 1.29 is 4.92 Å². The molecule has 1 heterocycles. The molecule has 0 saturated carbocycles. The summed E-state index contributed by atoms with van der Waals surface area (Å²) in [7, 11) is 0. The van der Waals surface area contributed by atoms with Crippen LogP contribution in [0.1, 0.15) is 18.9 Å². The molecule has 2 aromatic rings. The third kappa shape index (κ3) is 4.33. The molecule has 0 aliphatic rings. The van der Waals surface area contributed by atoms with Gasteiger partial charge in [0, 0.05) is 24.8 Å². The van der Waals surface area contributed by atoms with Crippen LogP contribution >= 0.6 is 11.6 Å². The monoisotopic (exact) mass is 320 g/mol.